The molecule has 0 spiro atoms. The molecule has 0 radical (unpaired) electrons. The maximum atomic E-state index is 12.4. The molecule has 1 aromatic rings. The van der Waals surface area contributed by atoms with E-state index in [1.165, 1.54) is 4.90 Å². The SMILES string of the molecule is CN=C(NCCC1CCN(CC(F)(F)F)CC1)NCc1ccco1. The van der Waals surface area contributed by atoms with Gasteiger partial charge < -0.3 is 15.1 Å². The highest BCUT2D eigenvalue weighted by molar-refractivity contribution is 5.79. The summed E-state index contributed by atoms with van der Waals surface area (Å²) in [6.07, 6.45) is 0.0899. The second-order valence-corrected chi connectivity index (χ2v) is 6.06. The van der Waals surface area contributed by atoms with Crippen LogP contribution in [0.5, 0.6) is 0 Å². The van der Waals surface area contributed by atoms with Gasteiger partial charge in [0.15, 0.2) is 5.96 Å². The summed E-state index contributed by atoms with van der Waals surface area (Å²) in [6.45, 7) is 1.57. The lowest BCUT2D eigenvalue weighted by Gasteiger charge is -2.32. The Hall–Kier alpha value is -1.70. The fourth-order valence-electron chi connectivity index (χ4n) is 2.89. The lowest BCUT2D eigenvalue weighted by molar-refractivity contribution is -0.148. The molecule has 0 bridgehead atoms. The zero-order chi connectivity index (χ0) is 17.4. The minimum atomic E-state index is -4.10. The fraction of sp³-hybridized carbons (Fsp3) is 0.688. The highest BCUT2D eigenvalue weighted by Gasteiger charge is 2.32. The average Bonchev–Trinajstić information content (AvgIpc) is 3.04. The van der Waals surface area contributed by atoms with E-state index in [1.807, 2.05) is 12.1 Å². The number of piperidine rings is 1. The fourth-order valence-corrected chi connectivity index (χ4v) is 2.89. The highest BCUT2D eigenvalue weighted by Crippen LogP contribution is 2.23. The van der Waals surface area contributed by atoms with Crippen LogP contribution in [0.25, 0.3) is 0 Å². The van der Waals surface area contributed by atoms with E-state index in [4.69, 9.17) is 4.42 Å². The molecule has 0 atom stereocenters. The first-order chi connectivity index (χ1) is 11.5. The quantitative estimate of drug-likeness (QED) is 0.614. The molecule has 5 nitrogen and oxygen atoms in total. The topological polar surface area (TPSA) is 52.8 Å². The summed E-state index contributed by atoms with van der Waals surface area (Å²) in [5.74, 6) is 1.99. The van der Waals surface area contributed by atoms with E-state index in [2.05, 4.69) is 15.6 Å². The van der Waals surface area contributed by atoms with Gasteiger partial charge in [-0.2, -0.15) is 13.2 Å². The minimum absolute atomic E-state index is 0.463. The van der Waals surface area contributed by atoms with Gasteiger partial charge in [0.05, 0.1) is 19.4 Å². The molecule has 1 saturated heterocycles. The van der Waals surface area contributed by atoms with Crippen molar-refractivity contribution in [3.63, 3.8) is 0 Å². The third-order valence-electron chi connectivity index (χ3n) is 4.19. The van der Waals surface area contributed by atoms with Crippen LogP contribution in [0.15, 0.2) is 27.8 Å². The van der Waals surface area contributed by atoms with Crippen LogP contribution >= 0.6 is 0 Å². The number of halogens is 3. The second-order valence-electron chi connectivity index (χ2n) is 6.06. The van der Waals surface area contributed by atoms with Crippen LogP contribution in [0.2, 0.25) is 0 Å². The smallest absolute Gasteiger partial charge is 0.401 e. The number of rotatable bonds is 6. The van der Waals surface area contributed by atoms with E-state index in [-0.39, 0.29) is 0 Å². The van der Waals surface area contributed by atoms with Crippen molar-refractivity contribution >= 4 is 5.96 Å². The van der Waals surface area contributed by atoms with Gasteiger partial charge in [0.25, 0.3) is 0 Å². The average molecular weight is 346 g/mol. The first kappa shape index (κ1) is 18.6. The van der Waals surface area contributed by atoms with Crippen LogP contribution in [0, 0.1) is 5.92 Å². The van der Waals surface area contributed by atoms with Crippen molar-refractivity contribution in [1.82, 2.24) is 15.5 Å². The second kappa shape index (κ2) is 8.96. The molecule has 1 aliphatic heterocycles. The molecule has 2 rings (SSSR count). The van der Waals surface area contributed by atoms with Crippen molar-refractivity contribution in [3.8, 4) is 0 Å². The van der Waals surface area contributed by atoms with Gasteiger partial charge in [0.2, 0.25) is 0 Å². The molecule has 2 heterocycles. The van der Waals surface area contributed by atoms with Crippen molar-refractivity contribution in [3.05, 3.63) is 24.2 Å². The van der Waals surface area contributed by atoms with E-state index >= 15 is 0 Å². The Bertz CT molecular complexity index is 494. The van der Waals surface area contributed by atoms with Crippen molar-refractivity contribution in [2.24, 2.45) is 10.9 Å². The third-order valence-corrected chi connectivity index (χ3v) is 4.19. The molecule has 0 unspecified atom stereocenters. The number of likely N-dealkylation sites (tertiary alicyclic amines) is 1. The Morgan fingerprint density at radius 1 is 1.33 bits per heavy atom. The van der Waals surface area contributed by atoms with Gasteiger partial charge >= 0.3 is 6.18 Å². The van der Waals surface area contributed by atoms with Crippen LogP contribution in [0.1, 0.15) is 25.0 Å². The summed E-state index contributed by atoms with van der Waals surface area (Å²) in [5.41, 5.74) is 0. The molecule has 1 aliphatic rings. The van der Waals surface area contributed by atoms with Gasteiger partial charge in [0.1, 0.15) is 5.76 Å². The lowest BCUT2D eigenvalue weighted by atomic mass is 9.93. The van der Waals surface area contributed by atoms with Crippen molar-refractivity contribution in [2.75, 3.05) is 33.2 Å². The van der Waals surface area contributed by atoms with E-state index < -0.39 is 12.7 Å². The molecule has 0 saturated carbocycles. The zero-order valence-corrected chi connectivity index (χ0v) is 13.9. The maximum Gasteiger partial charge on any atom is 0.401 e. The number of nitrogens with zero attached hydrogens (tertiary/aromatic N) is 2. The first-order valence-electron chi connectivity index (χ1n) is 8.22. The number of furan rings is 1. The number of hydrogen-bond acceptors (Lipinski definition) is 3. The van der Waals surface area contributed by atoms with Gasteiger partial charge in [-0.05, 0) is 50.4 Å². The normalized spacial score (nSPS) is 17.9. The van der Waals surface area contributed by atoms with Crippen LogP contribution < -0.4 is 10.6 Å². The van der Waals surface area contributed by atoms with E-state index in [1.54, 1.807) is 13.3 Å². The third kappa shape index (κ3) is 6.82. The Balaban J connectivity index is 1.60. The Morgan fingerprint density at radius 3 is 2.67 bits per heavy atom. The Kier molecular flexibility index (Phi) is 6.96. The molecule has 8 heteroatoms. The summed E-state index contributed by atoms with van der Waals surface area (Å²) in [6, 6.07) is 3.72. The molecule has 1 fully saturated rings. The van der Waals surface area contributed by atoms with E-state index in [0.717, 1.165) is 31.6 Å². The van der Waals surface area contributed by atoms with Crippen LogP contribution in [0.3, 0.4) is 0 Å². The predicted molar refractivity (Wildman–Crippen MR) is 86.7 cm³/mol. The summed E-state index contributed by atoms with van der Waals surface area (Å²) in [4.78, 5) is 5.64. The molecule has 136 valence electrons. The molecule has 0 amide bonds. The van der Waals surface area contributed by atoms with Crippen molar-refractivity contribution in [1.29, 1.82) is 0 Å². The molecule has 1 aromatic heterocycles. The van der Waals surface area contributed by atoms with Crippen molar-refractivity contribution < 1.29 is 17.6 Å². The lowest BCUT2D eigenvalue weighted by Crippen LogP contribution is -2.41. The van der Waals surface area contributed by atoms with E-state index in [9.17, 15) is 13.2 Å². The number of guanidine groups is 1. The van der Waals surface area contributed by atoms with Crippen LogP contribution in [0.4, 0.5) is 13.2 Å². The van der Waals surface area contributed by atoms with Crippen LogP contribution in [-0.4, -0.2) is 50.3 Å². The van der Waals surface area contributed by atoms with Gasteiger partial charge in [-0.25, -0.2) is 0 Å². The highest BCUT2D eigenvalue weighted by atomic mass is 19.4. The zero-order valence-electron chi connectivity index (χ0n) is 13.9. The minimum Gasteiger partial charge on any atom is -0.467 e. The molecular formula is C16H25F3N4O. The molecule has 0 aliphatic carbocycles. The standard InChI is InChI=1S/C16H25F3N4O/c1-20-15(22-11-14-3-2-10-24-14)21-7-4-13-5-8-23(9-6-13)12-16(17,18)19/h2-3,10,13H,4-9,11-12H2,1H3,(H2,20,21,22). The summed E-state index contributed by atoms with van der Waals surface area (Å²) in [5, 5.41) is 6.39. The predicted octanol–water partition coefficient (Wildman–Crippen LogP) is 2.61. The summed E-state index contributed by atoms with van der Waals surface area (Å²) < 4.78 is 42.3. The maximum absolute atomic E-state index is 12.4. The largest absolute Gasteiger partial charge is 0.467 e. The summed E-state index contributed by atoms with van der Waals surface area (Å²) in [7, 11) is 1.70. The number of nitrogens with one attached hydrogen (secondary N) is 2. The van der Waals surface area contributed by atoms with Crippen LogP contribution in [-0.2, 0) is 6.54 Å². The first-order valence-corrected chi connectivity index (χ1v) is 8.22. The number of alkyl halides is 3. The monoisotopic (exact) mass is 346 g/mol. The molecular weight excluding hydrogens is 321 g/mol. The molecule has 0 aromatic carbocycles. The van der Waals surface area contributed by atoms with Gasteiger partial charge in [-0.15, -0.1) is 0 Å². The Labute approximate surface area is 140 Å². The van der Waals surface area contributed by atoms with Gasteiger partial charge in [-0.3, -0.25) is 9.89 Å². The van der Waals surface area contributed by atoms with Crippen molar-refractivity contribution in [2.45, 2.75) is 32.0 Å². The Morgan fingerprint density at radius 2 is 2.08 bits per heavy atom. The summed E-state index contributed by atoms with van der Waals surface area (Å²) >= 11 is 0. The van der Waals surface area contributed by atoms with Gasteiger partial charge in [0, 0.05) is 13.6 Å². The molecule has 24 heavy (non-hydrogen) atoms. The number of aliphatic imine (C=N–C) groups is 1. The molecule has 2 N–H and O–H groups in total. The van der Waals surface area contributed by atoms with Gasteiger partial charge in [-0.1, -0.05) is 0 Å². The number of hydrogen-bond donors (Lipinski definition) is 2. The van der Waals surface area contributed by atoms with E-state index in [0.29, 0.717) is 31.5 Å².